The van der Waals surface area contributed by atoms with E-state index in [4.69, 9.17) is 0 Å². The van der Waals surface area contributed by atoms with Gasteiger partial charge in [0.1, 0.15) is 0 Å². The summed E-state index contributed by atoms with van der Waals surface area (Å²) in [6.45, 7) is 3.24. The number of aliphatic hydroxyl groups excluding tert-OH is 1. The molecule has 1 aromatic rings. The van der Waals surface area contributed by atoms with Crippen LogP contribution in [-0.4, -0.2) is 53.3 Å². The molecule has 0 bridgehead atoms. The predicted octanol–water partition coefficient (Wildman–Crippen LogP) is -0.190. The molecule has 0 spiro atoms. The van der Waals surface area contributed by atoms with Crippen molar-refractivity contribution in [1.29, 1.82) is 0 Å². The molecule has 8 heteroatoms. The molecule has 0 radical (unpaired) electrons. The van der Waals surface area contributed by atoms with Crippen LogP contribution in [0.15, 0.2) is 18.5 Å². The van der Waals surface area contributed by atoms with Crippen LogP contribution in [0.1, 0.15) is 19.8 Å². The van der Waals surface area contributed by atoms with Crippen LogP contribution in [0.2, 0.25) is 0 Å². The fraction of sp³-hybridized carbons (Fsp3) is 0.750. The highest BCUT2D eigenvalue weighted by atomic mass is 32.2. The summed E-state index contributed by atoms with van der Waals surface area (Å²) in [4.78, 5) is 0. The first kappa shape index (κ1) is 15.4. The van der Waals surface area contributed by atoms with Crippen molar-refractivity contribution in [3.63, 3.8) is 0 Å². The lowest BCUT2D eigenvalue weighted by molar-refractivity contribution is 0.164. The largest absolute Gasteiger partial charge is 0.396 e. The maximum atomic E-state index is 12.3. The molecule has 2 heterocycles. The monoisotopic (exact) mass is 302 g/mol. The fourth-order valence-corrected chi connectivity index (χ4v) is 3.96. The van der Waals surface area contributed by atoms with Crippen LogP contribution >= 0.6 is 0 Å². The van der Waals surface area contributed by atoms with Crippen molar-refractivity contribution in [1.82, 2.24) is 18.8 Å². The van der Waals surface area contributed by atoms with Crippen LogP contribution in [0.4, 0.5) is 0 Å². The molecule has 1 aliphatic heterocycles. The molecule has 7 nitrogen and oxygen atoms in total. The van der Waals surface area contributed by atoms with Crippen LogP contribution in [-0.2, 0) is 16.8 Å². The van der Waals surface area contributed by atoms with E-state index in [0.29, 0.717) is 19.6 Å². The Morgan fingerprint density at radius 2 is 2.35 bits per heavy atom. The minimum Gasteiger partial charge on any atom is -0.396 e. The molecule has 114 valence electrons. The Balaban J connectivity index is 1.92. The normalized spacial score (nSPS) is 22.8. The Bertz CT molecular complexity index is 503. The van der Waals surface area contributed by atoms with Gasteiger partial charge in [0.05, 0.1) is 6.54 Å². The second kappa shape index (κ2) is 6.66. The highest BCUT2D eigenvalue weighted by Gasteiger charge is 2.29. The van der Waals surface area contributed by atoms with Gasteiger partial charge in [-0.1, -0.05) is 0 Å². The van der Waals surface area contributed by atoms with E-state index in [1.807, 2.05) is 6.92 Å². The van der Waals surface area contributed by atoms with Crippen molar-refractivity contribution in [2.75, 3.05) is 19.7 Å². The molecule has 2 atom stereocenters. The molecule has 1 aromatic heterocycles. The van der Waals surface area contributed by atoms with Gasteiger partial charge in [-0.25, -0.2) is 0 Å². The Morgan fingerprint density at radius 1 is 1.55 bits per heavy atom. The quantitative estimate of drug-likeness (QED) is 0.762. The molecule has 2 unspecified atom stereocenters. The average molecular weight is 302 g/mol. The number of nitrogens with zero attached hydrogens (tertiary/aromatic N) is 3. The summed E-state index contributed by atoms with van der Waals surface area (Å²) < 4.78 is 30.4. The zero-order chi connectivity index (χ0) is 14.6. The zero-order valence-electron chi connectivity index (χ0n) is 11.6. The van der Waals surface area contributed by atoms with E-state index in [2.05, 4.69) is 9.82 Å². The summed E-state index contributed by atoms with van der Waals surface area (Å²) in [5.74, 6) is 0.0433. The minimum atomic E-state index is -3.50. The highest BCUT2D eigenvalue weighted by Crippen LogP contribution is 2.18. The van der Waals surface area contributed by atoms with Crippen molar-refractivity contribution in [3.05, 3.63) is 18.5 Å². The van der Waals surface area contributed by atoms with Crippen molar-refractivity contribution in [2.24, 2.45) is 5.92 Å². The standard InChI is InChI=1S/C12H22N4O3S/c1-11(8-15-6-3-5-13-15)14-20(18,19)16-7-2-4-12(9-16)10-17/h3,5-6,11-12,14,17H,2,4,7-10H2,1H3. The number of nitrogens with one attached hydrogen (secondary N) is 1. The van der Waals surface area contributed by atoms with E-state index in [1.165, 1.54) is 4.31 Å². The first-order valence-electron chi connectivity index (χ1n) is 6.87. The van der Waals surface area contributed by atoms with Crippen LogP contribution in [0, 0.1) is 5.92 Å². The van der Waals surface area contributed by atoms with Gasteiger partial charge in [-0.2, -0.15) is 22.5 Å². The van der Waals surface area contributed by atoms with Crippen LogP contribution in [0.5, 0.6) is 0 Å². The van der Waals surface area contributed by atoms with Crippen molar-refractivity contribution in [3.8, 4) is 0 Å². The van der Waals surface area contributed by atoms with E-state index >= 15 is 0 Å². The molecule has 1 fully saturated rings. The SMILES string of the molecule is CC(Cn1cccn1)NS(=O)(=O)N1CCCC(CO)C1. The molecule has 1 saturated heterocycles. The maximum absolute atomic E-state index is 12.3. The molecular weight excluding hydrogens is 280 g/mol. The maximum Gasteiger partial charge on any atom is 0.279 e. The number of aromatic nitrogens is 2. The van der Waals surface area contributed by atoms with Gasteiger partial charge < -0.3 is 5.11 Å². The summed E-state index contributed by atoms with van der Waals surface area (Å²) in [6, 6.07) is 1.56. The van der Waals surface area contributed by atoms with E-state index in [0.717, 1.165) is 12.8 Å². The predicted molar refractivity (Wildman–Crippen MR) is 75.1 cm³/mol. The first-order valence-corrected chi connectivity index (χ1v) is 8.31. The van der Waals surface area contributed by atoms with Gasteiger partial charge in [0, 0.05) is 38.1 Å². The topological polar surface area (TPSA) is 87.5 Å². The Kier molecular flexibility index (Phi) is 5.14. The van der Waals surface area contributed by atoms with Crippen molar-refractivity contribution < 1.29 is 13.5 Å². The summed E-state index contributed by atoms with van der Waals surface area (Å²) in [5, 5.41) is 13.2. The fourth-order valence-electron chi connectivity index (χ4n) is 2.45. The zero-order valence-corrected chi connectivity index (χ0v) is 12.5. The summed E-state index contributed by atoms with van der Waals surface area (Å²) in [7, 11) is -3.50. The second-order valence-corrected chi connectivity index (χ2v) is 7.00. The second-order valence-electron chi connectivity index (χ2n) is 5.30. The lowest BCUT2D eigenvalue weighted by atomic mass is 10.0. The average Bonchev–Trinajstić information content (AvgIpc) is 2.91. The molecule has 2 N–H and O–H groups in total. The lowest BCUT2D eigenvalue weighted by Crippen LogP contribution is -2.49. The molecule has 1 aliphatic rings. The van der Waals surface area contributed by atoms with E-state index in [9.17, 15) is 13.5 Å². The third-order valence-electron chi connectivity index (χ3n) is 3.45. The number of piperidine rings is 1. The molecule has 0 aromatic carbocycles. The van der Waals surface area contributed by atoms with E-state index < -0.39 is 10.2 Å². The van der Waals surface area contributed by atoms with Gasteiger partial charge in [-0.15, -0.1) is 0 Å². The summed E-state index contributed by atoms with van der Waals surface area (Å²) >= 11 is 0. The van der Waals surface area contributed by atoms with Gasteiger partial charge in [0.2, 0.25) is 0 Å². The number of aliphatic hydroxyl groups is 1. The number of rotatable bonds is 6. The molecule has 0 amide bonds. The molecule has 0 saturated carbocycles. The van der Waals surface area contributed by atoms with Crippen LogP contribution in [0.25, 0.3) is 0 Å². The molecule has 2 rings (SSSR count). The summed E-state index contributed by atoms with van der Waals surface area (Å²) in [5.41, 5.74) is 0. The Labute approximate surface area is 119 Å². The van der Waals surface area contributed by atoms with Gasteiger partial charge in [-0.3, -0.25) is 4.68 Å². The number of hydrogen-bond acceptors (Lipinski definition) is 4. The highest BCUT2D eigenvalue weighted by molar-refractivity contribution is 7.87. The van der Waals surface area contributed by atoms with Gasteiger partial charge in [0.15, 0.2) is 0 Å². The van der Waals surface area contributed by atoms with Gasteiger partial charge in [0.25, 0.3) is 10.2 Å². The molecule has 0 aliphatic carbocycles. The Hall–Kier alpha value is -0.960. The van der Waals surface area contributed by atoms with Crippen molar-refractivity contribution in [2.45, 2.75) is 32.4 Å². The van der Waals surface area contributed by atoms with Crippen molar-refractivity contribution >= 4 is 10.2 Å². The Morgan fingerprint density at radius 3 is 3.00 bits per heavy atom. The first-order chi connectivity index (χ1) is 9.51. The molecular formula is C12H22N4O3S. The minimum absolute atomic E-state index is 0.0366. The van der Waals surface area contributed by atoms with Gasteiger partial charge in [-0.05, 0) is 31.7 Å². The van der Waals surface area contributed by atoms with E-state index in [-0.39, 0.29) is 18.6 Å². The lowest BCUT2D eigenvalue weighted by Gasteiger charge is -2.31. The third-order valence-corrected chi connectivity index (χ3v) is 5.16. The smallest absolute Gasteiger partial charge is 0.279 e. The molecule has 20 heavy (non-hydrogen) atoms. The number of hydrogen-bond donors (Lipinski definition) is 2. The van der Waals surface area contributed by atoms with Crippen LogP contribution in [0.3, 0.4) is 0 Å². The van der Waals surface area contributed by atoms with Gasteiger partial charge >= 0.3 is 0 Å². The summed E-state index contributed by atoms with van der Waals surface area (Å²) in [6.07, 6.45) is 5.14. The van der Waals surface area contributed by atoms with E-state index in [1.54, 1.807) is 23.1 Å². The van der Waals surface area contributed by atoms with Crippen LogP contribution < -0.4 is 4.72 Å². The third kappa shape index (κ3) is 4.02.